The van der Waals surface area contributed by atoms with Crippen LogP contribution in [0.2, 0.25) is 0 Å². The molecule has 0 saturated heterocycles. The smallest absolute Gasteiger partial charge is 0.0538 e. The summed E-state index contributed by atoms with van der Waals surface area (Å²) in [5.41, 5.74) is 1.38. The molecule has 0 amide bonds. The second-order valence-electron chi connectivity index (χ2n) is 5.63. The highest BCUT2D eigenvalue weighted by Gasteiger charge is 2.35. The van der Waals surface area contributed by atoms with E-state index in [1.54, 1.807) is 0 Å². The van der Waals surface area contributed by atoms with Gasteiger partial charge in [0.1, 0.15) is 0 Å². The molecule has 0 radical (unpaired) electrons. The molecule has 0 aromatic carbocycles. The SMILES string of the molecule is CCCn1cc(C(NCC)C(C)(CC)N(C)C)cn1. The van der Waals surface area contributed by atoms with Crippen molar-refractivity contribution in [3.63, 3.8) is 0 Å². The molecule has 1 heterocycles. The van der Waals surface area contributed by atoms with Gasteiger partial charge in [-0.05, 0) is 40.4 Å². The lowest BCUT2D eigenvalue weighted by molar-refractivity contribution is 0.113. The number of hydrogen-bond donors (Lipinski definition) is 1. The van der Waals surface area contributed by atoms with Crippen molar-refractivity contribution in [3.8, 4) is 0 Å². The van der Waals surface area contributed by atoms with Crippen LogP contribution < -0.4 is 5.32 Å². The minimum atomic E-state index is 0.0933. The maximum absolute atomic E-state index is 4.47. The van der Waals surface area contributed by atoms with Gasteiger partial charge in [0.05, 0.1) is 12.2 Å². The molecule has 0 fully saturated rings. The van der Waals surface area contributed by atoms with Gasteiger partial charge in [0.25, 0.3) is 0 Å². The molecule has 0 bridgehead atoms. The number of aryl methyl sites for hydroxylation is 1. The van der Waals surface area contributed by atoms with E-state index < -0.39 is 0 Å². The van der Waals surface area contributed by atoms with Crippen molar-refractivity contribution in [2.45, 2.75) is 58.7 Å². The summed E-state index contributed by atoms with van der Waals surface area (Å²) >= 11 is 0. The summed E-state index contributed by atoms with van der Waals surface area (Å²) in [6.45, 7) is 10.9. The van der Waals surface area contributed by atoms with Crippen LogP contribution in [0.1, 0.15) is 52.1 Å². The summed E-state index contributed by atoms with van der Waals surface area (Å²) in [6, 6.07) is 0.308. The fourth-order valence-corrected chi connectivity index (χ4v) is 2.56. The molecule has 19 heavy (non-hydrogen) atoms. The summed E-state index contributed by atoms with van der Waals surface area (Å²) in [4.78, 5) is 2.32. The van der Waals surface area contributed by atoms with Crippen molar-refractivity contribution in [2.75, 3.05) is 20.6 Å². The Bertz CT molecular complexity index is 372. The number of likely N-dealkylation sites (N-methyl/N-ethyl adjacent to an activating group) is 2. The van der Waals surface area contributed by atoms with Crippen LogP contribution in [0.3, 0.4) is 0 Å². The fourth-order valence-electron chi connectivity index (χ4n) is 2.56. The van der Waals surface area contributed by atoms with Gasteiger partial charge in [-0.15, -0.1) is 0 Å². The van der Waals surface area contributed by atoms with Crippen molar-refractivity contribution in [1.29, 1.82) is 0 Å². The minimum absolute atomic E-state index is 0.0933. The van der Waals surface area contributed by atoms with Crippen LogP contribution in [-0.4, -0.2) is 40.9 Å². The van der Waals surface area contributed by atoms with Gasteiger partial charge in [-0.1, -0.05) is 20.8 Å². The molecule has 0 aliphatic carbocycles. The highest BCUT2D eigenvalue weighted by atomic mass is 15.3. The lowest BCUT2D eigenvalue weighted by Gasteiger charge is -2.42. The summed E-state index contributed by atoms with van der Waals surface area (Å²) in [5.74, 6) is 0. The minimum Gasteiger partial charge on any atom is -0.309 e. The quantitative estimate of drug-likeness (QED) is 0.785. The maximum Gasteiger partial charge on any atom is 0.0538 e. The van der Waals surface area contributed by atoms with Crippen LogP contribution in [0.15, 0.2) is 12.4 Å². The molecule has 4 nitrogen and oxygen atoms in total. The summed E-state index contributed by atoms with van der Waals surface area (Å²) in [5, 5.41) is 8.11. The van der Waals surface area contributed by atoms with E-state index in [2.05, 4.69) is 63.3 Å². The van der Waals surface area contributed by atoms with Gasteiger partial charge in [0, 0.05) is 23.8 Å². The molecular formula is C15H30N4. The molecule has 0 saturated carbocycles. The highest BCUT2D eigenvalue weighted by Crippen LogP contribution is 2.32. The molecular weight excluding hydrogens is 236 g/mol. The van der Waals surface area contributed by atoms with Crippen molar-refractivity contribution < 1.29 is 0 Å². The molecule has 110 valence electrons. The van der Waals surface area contributed by atoms with Crippen molar-refractivity contribution in [2.24, 2.45) is 0 Å². The molecule has 2 atom stereocenters. The zero-order valence-corrected chi connectivity index (χ0v) is 13.4. The Balaban J connectivity index is 3.04. The lowest BCUT2D eigenvalue weighted by Crippen LogP contribution is -2.51. The first-order valence-electron chi connectivity index (χ1n) is 7.42. The normalized spacial score (nSPS) is 16.6. The molecule has 4 heteroatoms. The third kappa shape index (κ3) is 3.57. The second-order valence-corrected chi connectivity index (χ2v) is 5.63. The lowest BCUT2D eigenvalue weighted by atomic mass is 9.84. The van der Waals surface area contributed by atoms with Crippen LogP contribution >= 0.6 is 0 Å². The molecule has 1 rings (SSSR count). The third-order valence-corrected chi connectivity index (χ3v) is 4.21. The first kappa shape index (κ1) is 16.2. The predicted octanol–water partition coefficient (Wildman–Crippen LogP) is 2.67. The third-order valence-electron chi connectivity index (χ3n) is 4.21. The number of nitrogens with one attached hydrogen (secondary N) is 1. The number of nitrogens with zero attached hydrogens (tertiary/aromatic N) is 3. The molecule has 1 aromatic heterocycles. The van der Waals surface area contributed by atoms with E-state index in [0.717, 1.165) is 25.9 Å². The van der Waals surface area contributed by atoms with Gasteiger partial charge in [-0.3, -0.25) is 4.68 Å². The number of rotatable bonds is 8. The van der Waals surface area contributed by atoms with Gasteiger partial charge in [0.2, 0.25) is 0 Å². The Morgan fingerprint density at radius 2 is 2.05 bits per heavy atom. The maximum atomic E-state index is 4.47. The number of aromatic nitrogens is 2. The van der Waals surface area contributed by atoms with Gasteiger partial charge in [-0.2, -0.15) is 5.10 Å². The first-order chi connectivity index (χ1) is 8.99. The average molecular weight is 266 g/mol. The van der Waals surface area contributed by atoms with E-state index >= 15 is 0 Å². The van der Waals surface area contributed by atoms with E-state index in [1.807, 2.05) is 10.9 Å². The Morgan fingerprint density at radius 3 is 2.53 bits per heavy atom. The monoisotopic (exact) mass is 266 g/mol. The van der Waals surface area contributed by atoms with E-state index in [4.69, 9.17) is 0 Å². The van der Waals surface area contributed by atoms with Crippen LogP contribution in [0.5, 0.6) is 0 Å². The molecule has 1 aromatic rings. The Labute approximate surface area is 118 Å². The van der Waals surface area contributed by atoms with E-state index in [9.17, 15) is 0 Å². The number of hydrogen-bond acceptors (Lipinski definition) is 3. The Morgan fingerprint density at radius 1 is 1.37 bits per heavy atom. The average Bonchev–Trinajstić information content (AvgIpc) is 2.83. The van der Waals surface area contributed by atoms with E-state index in [0.29, 0.717) is 6.04 Å². The fraction of sp³-hybridized carbons (Fsp3) is 0.800. The van der Waals surface area contributed by atoms with Crippen molar-refractivity contribution in [1.82, 2.24) is 20.0 Å². The standard InChI is InChI=1S/C15H30N4/c1-7-10-19-12-13(11-17-19)14(16-9-3)15(4,8-2)18(5)6/h11-12,14,16H,7-10H2,1-6H3. The Kier molecular flexibility index (Phi) is 6.01. The second kappa shape index (κ2) is 7.06. The van der Waals surface area contributed by atoms with E-state index in [1.165, 1.54) is 5.56 Å². The largest absolute Gasteiger partial charge is 0.309 e. The highest BCUT2D eigenvalue weighted by molar-refractivity contribution is 5.17. The van der Waals surface area contributed by atoms with E-state index in [-0.39, 0.29) is 5.54 Å². The van der Waals surface area contributed by atoms with Crippen LogP contribution in [0.4, 0.5) is 0 Å². The summed E-state index contributed by atoms with van der Waals surface area (Å²) < 4.78 is 2.05. The summed E-state index contributed by atoms with van der Waals surface area (Å²) in [7, 11) is 4.31. The molecule has 0 aliphatic rings. The Hall–Kier alpha value is -0.870. The molecule has 1 N–H and O–H groups in total. The topological polar surface area (TPSA) is 33.1 Å². The van der Waals surface area contributed by atoms with Crippen molar-refractivity contribution >= 4 is 0 Å². The molecule has 2 unspecified atom stereocenters. The predicted molar refractivity (Wildman–Crippen MR) is 81.3 cm³/mol. The first-order valence-corrected chi connectivity index (χ1v) is 7.42. The molecule has 0 spiro atoms. The van der Waals surface area contributed by atoms with Crippen molar-refractivity contribution in [3.05, 3.63) is 18.0 Å². The van der Waals surface area contributed by atoms with Crippen LogP contribution in [0, 0.1) is 0 Å². The summed E-state index contributed by atoms with van der Waals surface area (Å²) in [6.07, 6.45) is 6.41. The zero-order valence-electron chi connectivity index (χ0n) is 13.4. The molecule has 0 aliphatic heterocycles. The van der Waals surface area contributed by atoms with Gasteiger partial charge in [0.15, 0.2) is 0 Å². The zero-order chi connectivity index (χ0) is 14.5. The van der Waals surface area contributed by atoms with Gasteiger partial charge >= 0.3 is 0 Å². The van der Waals surface area contributed by atoms with Crippen LogP contribution in [-0.2, 0) is 6.54 Å². The van der Waals surface area contributed by atoms with Gasteiger partial charge < -0.3 is 10.2 Å². The van der Waals surface area contributed by atoms with Gasteiger partial charge in [-0.25, -0.2) is 0 Å². The van der Waals surface area contributed by atoms with Crippen LogP contribution in [0.25, 0.3) is 0 Å².